The molecular formula is C25H22O2. The van der Waals surface area contributed by atoms with Gasteiger partial charge in [-0.3, -0.25) is 0 Å². The molecule has 4 aromatic rings. The Labute approximate surface area is 159 Å². The average molecular weight is 354 g/mol. The Morgan fingerprint density at radius 3 is 2.15 bits per heavy atom. The van der Waals surface area contributed by atoms with Gasteiger partial charge in [0.2, 0.25) is 0 Å². The Hall–Kier alpha value is -3.00. The second-order valence-corrected chi connectivity index (χ2v) is 7.50. The molecule has 0 spiro atoms. The summed E-state index contributed by atoms with van der Waals surface area (Å²) >= 11 is 0. The first kappa shape index (κ1) is 16.2. The zero-order valence-electron chi connectivity index (χ0n) is 15.7. The normalized spacial score (nSPS) is 16.4. The molecule has 0 aromatic heterocycles. The van der Waals surface area contributed by atoms with E-state index in [-0.39, 0.29) is 0 Å². The Balaban J connectivity index is 1.95. The molecule has 2 heteroatoms. The summed E-state index contributed by atoms with van der Waals surface area (Å²) in [5.74, 6) is 2.19. The Bertz CT molecular complexity index is 1160. The molecule has 1 aliphatic rings. The van der Waals surface area contributed by atoms with Crippen LogP contribution in [-0.4, -0.2) is 13.2 Å². The van der Waals surface area contributed by atoms with E-state index in [1.807, 2.05) is 0 Å². The van der Waals surface area contributed by atoms with Crippen LogP contribution in [0.4, 0.5) is 0 Å². The van der Waals surface area contributed by atoms with Crippen molar-refractivity contribution in [1.29, 1.82) is 0 Å². The predicted molar refractivity (Wildman–Crippen MR) is 112 cm³/mol. The lowest BCUT2D eigenvalue weighted by Crippen LogP contribution is -2.15. The molecule has 134 valence electrons. The molecule has 4 aromatic carbocycles. The molecule has 1 atom stereocenters. The number of aryl methyl sites for hydroxylation is 1. The SMILES string of the molecule is Cc1cccc2c3c(ccc12)OCC(C)COc1ccc2ccccc2c1-3. The fourth-order valence-corrected chi connectivity index (χ4v) is 4.01. The highest BCUT2D eigenvalue weighted by atomic mass is 16.5. The van der Waals surface area contributed by atoms with Crippen molar-refractivity contribution in [2.24, 2.45) is 5.92 Å². The molecule has 27 heavy (non-hydrogen) atoms. The minimum atomic E-state index is 0.323. The van der Waals surface area contributed by atoms with Crippen LogP contribution >= 0.6 is 0 Å². The van der Waals surface area contributed by atoms with Gasteiger partial charge in [0.05, 0.1) is 13.2 Å². The molecule has 2 nitrogen and oxygen atoms in total. The lowest BCUT2D eigenvalue weighted by atomic mass is 9.91. The molecule has 0 saturated heterocycles. The van der Waals surface area contributed by atoms with Crippen LogP contribution in [0, 0.1) is 12.8 Å². The van der Waals surface area contributed by atoms with Crippen molar-refractivity contribution in [1.82, 2.24) is 0 Å². The molecule has 0 fully saturated rings. The van der Waals surface area contributed by atoms with Gasteiger partial charge in [0.1, 0.15) is 11.5 Å². The van der Waals surface area contributed by atoms with E-state index >= 15 is 0 Å². The van der Waals surface area contributed by atoms with Gasteiger partial charge in [-0.05, 0) is 46.2 Å². The van der Waals surface area contributed by atoms with Crippen LogP contribution in [0.1, 0.15) is 12.5 Å². The third kappa shape index (κ3) is 2.64. The van der Waals surface area contributed by atoms with Crippen molar-refractivity contribution in [3.8, 4) is 22.6 Å². The van der Waals surface area contributed by atoms with Gasteiger partial charge < -0.3 is 9.47 Å². The maximum absolute atomic E-state index is 6.29. The largest absolute Gasteiger partial charge is 0.493 e. The van der Waals surface area contributed by atoms with Crippen molar-refractivity contribution >= 4 is 21.5 Å². The third-order valence-electron chi connectivity index (χ3n) is 5.43. The van der Waals surface area contributed by atoms with Gasteiger partial charge in [-0.15, -0.1) is 0 Å². The number of hydrogen-bond donors (Lipinski definition) is 0. The molecule has 1 heterocycles. The van der Waals surface area contributed by atoms with Crippen LogP contribution in [0.25, 0.3) is 32.7 Å². The first-order chi connectivity index (χ1) is 13.2. The molecule has 0 saturated carbocycles. The zero-order chi connectivity index (χ0) is 18.4. The molecule has 0 bridgehead atoms. The van der Waals surface area contributed by atoms with Crippen molar-refractivity contribution in [3.63, 3.8) is 0 Å². The molecule has 5 rings (SSSR count). The van der Waals surface area contributed by atoms with Gasteiger partial charge in [0.25, 0.3) is 0 Å². The molecule has 0 radical (unpaired) electrons. The fourth-order valence-electron chi connectivity index (χ4n) is 4.01. The maximum Gasteiger partial charge on any atom is 0.127 e. The van der Waals surface area contributed by atoms with Gasteiger partial charge in [0.15, 0.2) is 0 Å². The minimum Gasteiger partial charge on any atom is -0.493 e. The second-order valence-electron chi connectivity index (χ2n) is 7.50. The van der Waals surface area contributed by atoms with E-state index in [0.717, 1.165) is 22.6 Å². The third-order valence-corrected chi connectivity index (χ3v) is 5.43. The Kier molecular flexibility index (Phi) is 3.78. The van der Waals surface area contributed by atoms with E-state index in [4.69, 9.17) is 9.47 Å². The standard InChI is InChI=1S/C25H22O2/c1-16-14-26-22-12-10-18-7-3-4-8-20(18)24(22)25-21-9-5-6-17(2)19(21)11-13-23(25)27-15-16/h3-13,16H,14-15H2,1-2H3. The van der Waals surface area contributed by atoms with E-state index < -0.39 is 0 Å². The smallest absolute Gasteiger partial charge is 0.127 e. The van der Waals surface area contributed by atoms with Crippen LogP contribution in [0.3, 0.4) is 0 Å². The highest BCUT2D eigenvalue weighted by Crippen LogP contribution is 2.46. The quantitative estimate of drug-likeness (QED) is 0.365. The van der Waals surface area contributed by atoms with E-state index in [0.29, 0.717) is 19.1 Å². The zero-order valence-corrected chi connectivity index (χ0v) is 15.7. The van der Waals surface area contributed by atoms with Gasteiger partial charge in [-0.1, -0.05) is 61.5 Å². The van der Waals surface area contributed by atoms with Gasteiger partial charge in [-0.25, -0.2) is 0 Å². The second kappa shape index (κ2) is 6.31. The van der Waals surface area contributed by atoms with E-state index in [9.17, 15) is 0 Å². The summed E-state index contributed by atoms with van der Waals surface area (Å²) in [5.41, 5.74) is 3.54. The number of rotatable bonds is 0. The summed E-state index contributed by atoms with van der Waals surface area (Å²) in [7, 11) is 0. The molecule has 0 amide bonds. The fraction of sp³-hybridized carbons (Fsp3) is 0.200. The van der Waals surface area contributed by atoms with E-state index in [1.54, 1.807) is 0 Å². The molecule has 0 N–H and O–H groups in total. The van der Waals surface area contributed by atoms with Crippen molar-refractivity contribution < 1.29 is 9.47 Å². The van der Waals surface area contributed by atoms with Crippen molar-refractivity contribution in [2.45, 2.75) is 13.8 Å². The summed E-state index contributed by atoms with van der Waals surface area (Å²) in [6, 6.07) is 23.5. The number of fused-ring (bicyclic) bond motifs is 7. The summed E-state index contributed by atoms with van der Waals surface area (Å²) in [6.45, 7) is 5.62. The van der Waals surface area contributed by atoms with Crippen LogP contribution in [0.5, 0.6) is 11.5 Å². The molecular weight excluding hydrogens is 332 g/mol. The first-order valence-corrected chi connectivity index (χ1v) is 9.52. The first-order valence-electron chi connectivity index (χ1n) is 9.52. The average Bonchev–Trinajstić information content (AvgIpc) is 2.76. The van der Waals surface area contributed by atoms with Crippen LogP contribution < -0.4 is 9.47 Å². The summed E-state index contributed by atoms with van der Waals surface area (Å²) in [4.78, 5) is 0. The van der Waals surface area contributed by atoms with Gasteiger partial charge in [-0.2, -0.15) is 0 Å². The van der Waals surface area contributed by atoms with Crippen molar-refractivity contribution in [3.05, 3.63) is 72.3 Å². The monoisotopic (exact) mass is 354 g/mol. The van der Waals surface area contributed by atoms with Crippen LogP contribution in [0.15, 0.2) is 66.7 Å². The summed E-state index contributed by atoms with van der Waals surface area (Å²) in [6.07, 6.45) is 0. The van der Waals surface area contributed by atoms with Crippen molar-refractivity contribution in [2.75, 3.05) is 13.2 Å². The summed E-state index contributed by atoms with van der Waals surface area (Å²) < 4.78 is 12.6. The maximum atomic E-state index is 6.29. The summed E-state index contributed by atoms with van der Waals surface area (Å²) in [5, 5.41) is 4.88. The van der Waals surface area contributed by atoms with Gasteiger partial charge >= 0.3 is 0 Å². The number of hydrogen-bond acceptors (Lipinski definition) is 2. The lowest BCUT2D eigenvalue weighted by Gasteiger charge is -2.18. The Morgan fingerprint density at radius 1 is 0.667 bits per heavy atom. The predicted octanol–water partition coefficient (Wildman–Crippen LogP) is 6.38. The number of benzene rings is 4. The van der Waals surface area contributed by atoms with Gasteiger partial charge in [0, 0.05) is 17.0 Å². The van der Waals surface area contributed by atoms with E-state index in [2.05, 4.69) is 80.6 Å². The molecule has 1 aliphatic heterocycles. The van der Waals surface area contributed by atoms with Crippen LogP contribution in [-0.2, 0) is 0 Å². The Morgan fingerprint density at radius 2 is 1.33 bits per heavy atom. The molecule has 1 unspecified atom stereocenters. The highest BCUT2D eigenvalue weighted by Gasteiger charge is 2.21. The highest BCUT2D eigenvalue weighted by molar-refractivity contribution is 6.10. The topological polar surface area (TPSA) is 18.5 Å². The lowest BCUT2D eigenvalue weighted by molar-refractivity contribution is 0.192. The van der Waals surface area contributed by atoms with Crippen LogP contribution in [0.2, 0.25) is 0 Å². The number of ether oxygens (including phenoxy) is 2. The van der Waals surface area contributed by atoms with E-state index in [1.165, 1.54) is 27.1 Å². The minimum absolute atomic E-state index is 0.323. The molecule has 0 aliphatic carbocycles.